The topological polar surface area (TPSA) is 32.7 Å². The maximum Gasteiger partial charge on any atom is 0.119 e. The summed E-state index contributed by atoms with van der Waals surface area (Å²) in [6, 6.07) is 7.95. The number of benzene rings is 1. The van der Waals surface area contributed by atoms with Crippen LogP contribution in [0.4, 0.5) is 0 Å². The minimum atomic E-state index is -0.423. The van der Waals surface area contributed by atoms with Crippen molar-refractivity contribution in [3.8, 4) is 5.75 Å². The second-order valence-corrected chi connectivity index (χ2v) is 6.45. The molecule has 1 aliphatic heterocycles. The van der Waals surface area contributed by atoms with Crippen LogP contribution in [-0.4, -0.2) is 42.4 Å². The molecule has 3 nitrogen and oxygen atoms in total. The van der Waals surface area contributed by atoms with Gasteiger partial charge in [0, 0.05) is 19.6 Å². The highest BCUT2D eigenvalue weighted by atomic mass is 16.5. The Morgan fingerprint density at radius 2 is 2.00 bits per heavy atom. The minimum absolute atomic E-state index is 0.364. The van der Waals surface area contributed by atoms with E-state index in [9.17, 15) is 5.11 Å². The number of hydrogen-bond acceptors (Lipinski definition) is 3. The van der Waals surface area contributed by atoms with E-state index in [0.29, 0.717) is 13.2 Å². The first-order chi connectivity index (χ1) is 9.52. The number of likely N-dealkylation sites (tertiary alicyclic amines) is 1. The van der Waals surface area contributed by atoms with Crippen molar-refractivity contribution < 1.29 is 9.84 Å². The summed E-state index contributed by atoms with van der Waals surface area (Å²) in [5.74, 6) is 2.29. The molecule has 0 aromatic heterocycles. The molecule has 112 valence electrons. The Balaban J connectivity index is 1.76. The lowest BCUT2D eigenvalue weighted by Crippen LogP contribution is -2.43. The standard InChI is InChI=1S/C17H27NO2/c1-13-5-4-6-17(8-13)20-12-16(19)11-18-9-14(2)7-15(3)10-18/h4-6,8,14-16,19H,7,9-12H2,1-3H3/t14-,15+,16-/m0/s1. The maximum absolute atomic E-state index is 10.1. The smallest absolute Gasteiger partial charge is 0.119 e. The summed E-state index contributed by atoms with van der Waals surface area (Å²) in [5, 5.41) is 10.1. The van der Waals surface area contributed by atoms with Crippen LogP contribution in [0.2, 0.25) is 0 Å². The molecule has 1 heterocycles. The van der Waals surface area contributed by atoms with Gasteiger partial charge in [0.25, 0.3) is 0 Å². The molecule has 20 heavy (non-hydrogen) atoms. The molecular weight excluding hydrogens is 250 g/mol. The molecule has 0 spiro atoms. The van der Waals surface area contributed by atoms with Crippen LogP contribution < -0.4 is 4.74 Å². The van der Waals surface area contributed by atoms with Crippen molar-refractivity contribution >= 4 is 0 Å². The molecule has 3 heteroatoms. The predicted molar refractivity (Wildman–Crippen MR) is 82.1 cm³/mol. The number of β-amino-alcohol motifs (C(OH)–C–C–N with tert-alkyl or cyclic N) is 1. The SMILES string of the molecule is Cc1cccc(OC[C@@H](O)CN2C[C@H](C)C[C@H](C)C2)c1. The van der Waals surface area contributed by atoms with E-state index in [-0.39, 0.29) is 0 Å². The van der Waals surface area contributed by atoms with Crippen LogP contribution in [0, 0.1) is 18.8 Å². The lowest BCUT2D eigenvalue weighted by molar-refractivity contribution is 0.0429. The van der Waals surface area contributed by atoms with Gasteiger partial charge < -0.3 is 14.7 Å². The Labute approximate surface area is 122 Å². The Bertz CT molecular complexity index is 411. The fourth-order valence-electron chi connectivity index (χ4n) is 3.19. The van der Waals surface area contributed by atoms with Gasteiger partial charge in [0.15, 0.2) is 0 Å². The van der Waals surface area contributed by atoms with E-state index in [1.54, 1.807) is 0 Å². The summed E-state index contributed by atoms with van der Waals surface area (Å²) in [6.07, 6.45) is 0.875. The molecule has 0 bridgehead atoms. The average molecular weight is 277 g/mol. The number of rotatable bonds is 5. The second-order valence-electron chi connectivity index (χ2n) is 6.45. The average Bonchev–Trinajstić information content (AvgIpc) is 2.35. The van der Waals surface area contributed by atoms with Crippen LogP contribution in [0.3, 0.4) is 0 Å². The van der Waals surface area contributed by atoms with E-state index >= 15 is 0 Å². The van der Waals surface area contributed by atoms with Crippen LogP contribution in [0.1, 0.15) is 25.8 Å². The van der Waals surface area contributed by atoms with Crippen LogP contribution >= 0.6 is 0 Å². The molecule has 1 aliphatic rings. The van der Waals surface area contributed by atoms with E-state index < -0.39 is 6.10 Å². The first kappa shape index (κ1) is 15.3. The zero-order valence-corrected chi connectivity index (χ0v) is 12.9. The Morgan fingerprint density at radius 3 is 2.65 bits per heavy atom. The molecule has 1 fully saturated rings. The van der Waals surface area contributed by atoms with Gasteiger partial charge in [-0.1, -0.05) is 26.0 Å². The van der Waals surface area contributed by atoms with Gasteiger partial charge in [-0.15, -0.1) is 0 Å². The largest absolute Gasteiger partial charge is 0.491 e. The van der Waals surface area contributed by atoms with Crippen molar-refractivity contribution in [3.05, 3.63) is 29.8 Å². The lowest BCUT2D eigenvalue weighted by Gasteiger charge is -2.35. The van der Waals surface area contributed by atoms with Gasteiger partial charge in [-0.3, -0.25) is 0 Å². The predicted octanol–water partition coefficient (Wildman–Crippen LogP) is 2.71. The van der Waals surface area contributed by atoms with Crippen molar-refractivity contribution in [1.29, 1.82) is 0 Å². The third kappa shape index (κ3) is 4.80. The number of aliphatic hydroxyl groups excluding tert-OH is 1. The molecule has 0 saturated carbocycles. The zero-order valence-electron chi connectivity index (χ0n) is 12.9. The zero-order chi connectivity index (χ0) is 14.5. The molecule has 3 atom stereocenters. The van der Waals surface area contributed by atoms with Gasteiger partial charge >= 0.3 is 0 Å². The molecule has 0 unspecified atom stereocenters. The van der Waals surface area contributed by atoms with Gasteiger partial charge in [-0.25, -0.2) is 0 Å². The Kier molecular flexibility index (Phi) is 5.44. The van der Waals surface area contributed by atoms with Crippen molar-refractivity contribution in [3.63, 3.8) is 0 Å². The van der Waals surface area contributed by atoms with Crippen molar-refractivity contribution in [1.82, 2.24) is 4.90 Å². The Hall–Kier alpha value is -1.06. The first-order valence-electron chi connectivity index (χ1n) is 7.63. The maximum atomic E-state index is 10.1. The van der Waals surface area contributed by atoms with Gasteiger partial charge in [0.2, 0.25) is 0 Å². The van der Waals surface area contributed by atoms with Gasteiger partial charge in [-0.2, -0.15) is 0 Å². The van der Waals surface area contributed by atoms with Crippen molar-refractivity contribution in [2.45, 2.75) is 33.3 Å². The summed E-state index contributed by atoms with van der Waals surface area (Å²) in [7, 11) is 0. The Morgan fingerprint density at radius 1 is 1.30 bits per heavy atom. The second kappa shape index (κ2) is 7.09. The van der Waals surface area contributed by atoms with Gasteiger partial charge in [-0.05, 0) is 42.9 Å². The summed E-state index contributed by atoms with van der Waals surface area (Å²) in [5.41, 5.74) is 1.18. The number of piperidine rings is 1. The minimum Gasteiger partial charge on any atom is -0.491 e. The van der Waals surface area contributed by atoms with Crippen molar-refractivity contribution in [2.75, 3.05) is 26.2 Å². The highest BCUT2D eigenvalue weighted by Gasteiger charge is 2.23. The summed E-state index contributed by atoms with van der Waals surface area (Å²) >= 11 is 0. The van der Waals surface area contributed by atoms with Crippen LogP contribution in [0.15, 0.2) is 24.3 Å². The number of aliphatic hydroxyl groups is 1. The van der Waals surface area contributed by atoms with E-state index in [2.05, 4.69) is 18.7 Å². The number of nitrogens with zero attached hydrogens (tertiary/aromatic N) is 1. The van der Waals surface area contributed by atoms with Gasteiger partial charge in [0.05, 0.1) is 0 Å². The third-order valence-electron chi connectivity index (χ3n) is 3.85. The van der Waals surface area contributed by atoms with Crippen LogP contribution in [-0.2, 0) is 0 Å². The molecule has 2 rings (SSSR count). The van der Waals surface area contributed by atoms with Gasteiger partial charge in [0.1, 0.15) is 18.5 Å². The number of ether oxygens (including phenoxy) is 1. The quantitative estimate of drug-likeness (QED) is 0.898. The monoisotopic (exact) mass is 277 g/mol. The molecule has 1 aromatic carbocycles. The fourth-order valence-corrected chi connectivity index (χ4v) is 3.19. The summed E-state index contributed by atoms with van der Waals surface area (Å²) in [6.45, 7) is 9.87. The summed E-state index contributed by atoms with van der Waals surface area (Å²) in [4.78, 5) is 2.36. The lowest BCUT2D eigenvalue weighted by atomic mass is 9.92. The molecule has 0 aliphatic carbocycles. The molecule has 1 saturated heterocycles. The van der Waals surface area contributed by atoms with Crippen LogP contribution in [0.5, 0.6) is 5.75 Å². The molecule has 0 amide bonds. The van der Waals surface area contributed by atoms with E-state index in [1.807, 2.05) is 31.2 Å². The molecule has 1 N–H and O–H groups in total. The number of aryl methyl sites for hydroxylation is 1. The van der Waals surface area contributed by atoms with E-state index in [1.165, 1.54) is 12.0 Å². The van der Waals surface area contributed by atoms with Crippen molar-refractivity contribution in [2.24, 2.45) is 11.8 Å². The van der Waals surface area contributed by atoms with E-state index in [4.69, 9.17) is 4.74 Å². The summed E-state index contributed by atoms with van der Waals surface area (Å²) < 4.78 is 5.67. The number of hydrogen-bond donors (Lipinski definition) is 1. The highest BCUT2D eigenvalue weighted by Crippen LogP contribution is 2.21. The molecule has 0 radical (unpaired) electrons. The third-order valence-corrected chi connectivity index (χ3v) is 3.85. The molecular formula is C17H27NO2. The van der Waals surface area contributed by atoms with E-state index in [0.717, 1.165) is 30.7 Å². The highest BCUT2D eigenvalue weighted by molar-refractivity contribution is 5.27. The first-order valence-corrected chi connectivity index (χ1v) is 7.63. The van der Waals surface area contributed by atoms with Crippen LogP contribution in [0.25, 0.3) is 0 Å². The fraction of sp³-hybridized carbons (Fsp3) is 0.647. The normalized spacial score (nSPS) is 25.4. The molecule has 1 aromatic rings.